The minimum atomic E-state index is -0.0795. The number of hydrogen-bond acceptors (Lipinski definition) is 4. The van der Waals surface area contributed by atoms with Crippen LogP contribution in [0.3, 0.4) is 0 Å². The molecule has 0 radical (unpaired) electrons. The number of benzene rings is 1. The van der Waals surface area contributed by atoms with Crippen molar-refractivity contribution in [3.8, 4) is 0 Å². The minimum absolute atomic E-state index is 0. The summed E-state index contributed by atoms with van der Waals surface area (Å²) >= 11 is 6.56. The molecular formula is C22H32ClIN4O2. The molecule has 1 aliphatic rings. The summed E-state index contributed by atoms with van der Waals surface area (Å²) in [6.07, 6.45) is 1.84. The average Bonchev–Trinajstić information content (AvgIpc) is 3.20. The highest BCUT2D eigenvalue weighted by atomic mass is 127. The molecule has 1 aliphatic heterocycles. The van der Waals surface area contributed by atoms with E-state index in [4.69, 9.17) is 20.9 Å². The summed E-state index contributed by atoms with van der Waals surface area (Å²) in [5.41, 5.74) is 2.04. The van der Waals surface area contributed by atoms with E-state index in [-0.39, 0.29) is 29.4 Å². The van der Waals surface area contributed by atoms with Gasteiger partial charge in [-0.25, -0.2) is 4.99 Å². The molecule has 3 rings (SSSR count). The molecule has 1 saturated heterocycles. The fourth-order valence-corrected chi connectivity index (χ4v) is 3.96. The normalized spacial score (nSPS) is 16.2. The Hall–Kier alpha value is -1.32. The number of nitrogens with one attached hydrogen (secondary N) is 2. The van der Waals surface area contributed by atoms with Crippen molar-refractivity contribution >= 4 is 41.5 Å². The zero-order valence-corrected chi connectivity index (χ0v) is 21.0. The zero-order valence-electron chi connectivity index (χ0n) is 17.9. The lowest BCUT2D eigenvalue weighted by molar-refractivity contribution is 0.0514. The summed E-state index contributed by atoms with van der Waals surface area (Å²) < 4.78 is 11.0. The molecule has 0 aliphatic carbocycles. The number of guanidine groups is 1. The number of nitrogens with zero attached hydrogens (tertiary/aromatic N) is 2. The molecule has 1 aromatic heterocycles. The van der Waals surface area contributed by atoms with Crippen molar-refractivity contribution in [3.63, 3.8) is 0 Å². The van der Waals surface area contributed by atoms with Gasteiger partial charge in [0.25, 0.3) is 0 Å². The third kappa shape index (κ3) is 6.34. The Morgan fingerprint density at radius 3 is 2.60 bits per heavy atom. The van der Waals surface area contributed by atoms with Gasteiger partial charge in [0, 0.05) is 42.8 Å². The monoisotopic (exact) mass is 546 g/mol. The molecule has 6 nitrogen and oxygen atoms in total. The predicted octanol–water partition coefficient (Wildman–Crippen LogP) is 4.87. The standard InChI is InChI=1S/C22H31ClN4O2.HI/c1-4-24-21(25-14-17-13-20(16(2)3)27-29-17)26-15-22(9-11-28-12-10-22)18-7-5-6-8-19(18)23;/h5-8,13,16H,4,9-12,14-15H2,1-3H3,(H2,24,25,26);1H. The van der Waals surface area contributed by atoms with Gasteiger partial charge in [0.15, 0.2) is 11.7 Å². The van der Waals surface area contributed by atoms with Crippen LogP contribution in [0.2, 0.25) is 5.02 Å². The van der Waals surface area contributed by atoms with Gasteiger partial charge in [0.05, 0.1) is 5.69 Å². The van der Waals surface area contributed by atoms with Crippen LogP contribution in [-0.4, -0.2) is 37.4 Å². The van der Waals surface area contributed by atoms with Crippen LogP contribution in [0.5, 0.6) is 0 Å². The van der Waals surface area contributed by atoms with E-state index < -0.39 is 0 Å². The maximum Gasteiger partial charge on any atom is 0.191 e. The first-order valence-corrected chi connectivity index (χ1v) is 10.7. The smallest absolute Gasteiger partial charge is 0.191 e. The maximum atomic E-state index is 6.56. The molecule has 0 saturated carbocycles. The number of ether oxygens (including phenoxy) is 1. The van der Waals surface area contributed by atoms with Gasteiger partial charge in [0.1, 0.15) is 6.54 Å². The van der Waals surface area contributed by atoms with Crippen LogP contribution in [-0.2, 0) is 16.7 Å². The molecule has 2 heterocycles. The first-order valence-electron chi connectivity index (χ1n) is 10.3. The summed E-state index contributed by atoms with van der Waals surface area (Å²) in [6, 6.07) is 10.1. The summed E-state index contributed by atoms with van der Waals surface area (Å²) in [7, 11) is 0. The van der Waals surface area contributed by atoms with Crippen molar-refractivity contribution in [1.82, 2.24) is 15.8 Å². The number of halogens is 2. The molecular weight excluding hydrogens is 515 g/mol. The topological polar surface area (TPSA) is 71.7 Å². The number of hydrogen-bond donors (Lipinski definition) is 2. The maximum absolute atomic E-state index is 6.56. The Kier molecular flexibility index (Phi) is 9.90. The van der Waals surface area contributed by atoms with Gasteiger partial charge in [-0.3, -0.25) is 0 Å². The summed E-state index contributed by atoms with van der Waals surface area (Å²) in [5.74, 6) is 1.86. The van der Waals surface area contributed by atoms with Gasteiger partial charge in [-0.2, -0.15) is 0 Å². The van der Waals surface area contributed by atoms with E-state index in [1.807, 2.05) is 24.3 Å². The highest BCUT2D eigenvalue weighted by molar-refractivity contribution is 14.0. The van der Waals surface area contributed by atoms with Gasteiger partial charge in [-0.15, -0.1) is 24.0 Å². The minimum Gasteiger partial charge on any atom is -0.381 e. The first kappa shape index (κ1) is 24.9. The second-order valence-corrected chi connectivity index (χ2v) is 8.20. The quantitative estimate of drug-likeness (QED) is 0.294. The Morgan fingerprint density at radius 2 is 1.97 bits per heavy atom. The van der Waals surface area contributed by atoms with Crippen LogP contribution < -0.4 is 10.6 Å². The van der Waals surface area contributed by atoms with Crippen LogP contribution in [0.15, 0.2) is 39.8 Å². The van der Waals surface area contributed by atoms with E-state index >= 15 is 0 Å². The predicted molar refractivity (Wildman–Crippen MR) is 132 cm³/mol. The molecule has 166 valence electrons. The summed E-state index contributed by atoms with van der Waals surface area (Å²) in [6.45, 7) is 9.67. The Labute approximate surface area is 201 Å². The van der Waals surface area contributed by atoms with Crippen LogP contribution >= 0.6 is 35.6 Å². The highest BCUT2D eigenvalue weighted by Gasteiger charge is 2.36. The molecule has 8 heteroatoms. The van der Waals surface area contributed by atoms with Crippen LogP contribution in [0.4, 0.5) is 0 Å². The van der Waals surface area contributed by atoms with Crippen molar-refractivity contribution in [2.75, 3.05) is 26.3 Å². The van der Waals surface area contributed by atoms with Gasteiger partial charge in [-0.1, -0.05) is 48.8 Å². The fraction of sp³-hybridized carbons (Fsp3) is 0.545. The van der Waals surface area contributed by atoms with E-state index in [1.165, 1.54) is 5.56 Å². The number of rotatable bonds is 7. The molecule has 0 spiro atoms. The van der Waals surface area contributed by atoms with Gasteiger partial charge in [-0.05, 0) is 37.3 Å². The lowest BCUT2D eigenvalue weighted by Crippen LogP contribution is -2.48. The van der Waals surface area contributed by atoms with Gasteiger partial charge in [0.2, 0.25) is 0 Å². The lowest BCUT2D eigenvalue weighted by Gasteiger charge is -2.38. The van der Waals surface area contributed by atoms with Crippen molar-refractivity contribution in [1.29, 1.82) is 0 Å². The highest BCUT2D eigenvalue weighted by Crippen LogP contribution is 2.38. The Morgan fingerprint density at radius 1 is 1.23 bits per heavy atom. The van der Waals surface area contributed by atoms with Gasteiger partial charge >= 0.3 is 0 Å². The SMILES string of the molecule is CCNC(=NCc1cc(C(C)C)no1)NCC1(c2ccccc2Cl)CCOCC1.I. The van der Waals surface area contributed by atoms with E-state index in [0.29, 0.717) is 12.5 Å². The lowest BCUT2D eigenvalue weighted by atomic mass is 9.74. The van der Waals surface area contributed by atoms with Crippen LogP contribution in [0.25, 0.3) is 0 Å². The summed E-state index contributed by atoms with van der Waals surface area (Å²) in [5, 5.41) is 11.7. The first-order chi connectivity index (χ1) is 14.0. The van der Waals surface area contributed by atoms with Crippen molar-refractivity contribution < 1.29 is 9.26 Å². The molecule has 1 aromatic carbocycles. The van der Waals surface area contributed by atoms with E-state index in [0.717, 1.165) is 61.6 Å². The van der Waals surface area contributed by atoms with E-state index in [1.54, 1.807) is 0 Å². The summed E-state index contributed by atoms with van der Waals surface area (Å²) in [4.78, 5) is 4.68. The van der Waals surface area contributed by atoms with Gasteiger partial charge < -0.3 is 19.9 Å². The zero-order chi connectivity index (χ0) is 20.7. The van der Waals surface area contributed by atoms with Crippen LogP contribution in [0, 0.1) is 0 Å². The van der Waals surface area contributed by atoms with Crippen molar-refractivity contribution in [3.05, 3.63) is 52.4 Å². The Balaban J connectivity index is 0.00000320. The Bertz CT molecular complexity index is 819. The molecule has 2 N–H and O–H groups in total. The second-order valence-electron chi connectivity index (χ2n) is 7.79. The largest absolute Gasteiger partial charge is 0.381 e. The van der Waals surface area contributed by atoms with Crippen molar-refractivity contribution in [2.24, 2.45) is 4.99 Å². The fourth-order valence-electron chi connectivity index (χ4n) is 3.62. The van der Waals surface area contributed by atoms with E-state index in [9.17, 15) is 0 Å². The molecule has 30 heavy (non-hydrogen) atoms. The number of aliphatic imine (C=N–C) groups is 1. The van der Waals surface area contributed by atoms with Crippen molar-refractivity contribution in [2.45, 2.75) is 51.5 Å². The third-order valence-electron chi connectivity index (χ3n) is 5.40. The molecule has 0 unspecified atom stereocenters. The third-order valence-corrected chi connectivity index (χ3v) is 5.72. The molecule has 1 fully saturated rings. The number of aromatic nitrogens is 1. The molecule has 0 atom stereocenters. The van der Waals surface area contributed by atoms with Crippen LogP contribution in [0.1, 0.15) is 56.5 Å². The molecule has 0 amide bonds. The molecule has 0 bridgehead atoms. The second kappa shape index (κ2) is 11.9. The molecule has 2 aromatic rings. The average molecular weight is 547 g/mol. The van der Waals surface area contributed by atoms with E-state index in [2.05, 4.69) is 47.6 Å².